The number of hydrogen-bond donors (Lipinski definition) is 3. The van der Waals surface area contributed by atoms with E-state index in [1.807, 2.05) is 60.7 Å². The van der Waals surface area contributed by atoms with Crippen LogP contribution in [0, 0.1) is 0 Å². The van der Waals surface area contributed by atoms with Gasteiger partial charge >= 0.3 is 6.03 Å². The highest BCUT2D eigenvalue weighted by atomic mass is 16.5. The molecule has 0 saturated heterocycles. The highest BCUT2D eigenvalue weighted by Gasteiger charge is 2.12. The topological polar surface area (TPSA) is 105 Å². The van der Waals surface area contributed by atoms with Gasteiger partial charge in [0.25, 0.3) is 0 Å². The Balaban J connectivity index is 1.92. The predicted octanol–water partition coefficient (Wildman–Crippen LogP) is 2.77. The summed E-state index contributed by atoms with van der Waals surface area (Å²) in [5, 5.41) is 11.9. The molecule has 0 radical (unpaired) electrons. The number of hydroxylamine groups is 2. The smallest absolute Gasteiger partial charge is 0.339 e. The van der Waals surface area contributed by atoms with Crippen molar-refractivity contribution >= 4 is 18.0 Å². The number of rotatable bonds is 7. The molecule has 2 rings (SSSR count). The molecule has 7 heteroatoms. The van der Waals surface area contributed by atoms with Gasteiger partial charge in [-0.1, -0.05) is 42.5 Å². The lowest BCUT2D eigenvalue weighted by molar-refractivity contribution is -0.129. The average molecular weight is 355 g/mol. The first-order chi connectivity index (χ1) is 12.4. The third kappa shape index (κ3) is 6.29. The zero-order chi connectivity index (χ0) is 18.9. The Labute approximate surface area is 151 Å². The van der Waals surface area contributed by atoms with Crippen molar-refractivity contribution in [1.29, 1.82) is 0 Å². The van der Waals surface area contributed by atoms with Gasteiger partial charge in [-0.05, 0) is 36.8 Å². The minimum Gasteiger partial charge on any atom is -0.457 e. The van der Waals surface area contributed by atoms with E-state index in [0.717, 1.165) is 11.3 Å². The van der Waals surface area contributed by atoms with Crippen LogP contribution in [0.25, 0.3) is 6.08 Å². The highest BCUT2D eigenvalue weighted by molar-refractivity contribution is 5.83. The average Bonchev–Trinajstić information content (AvgIpc) is 2.61. The molecule has 136 valence electrons. The molecule has 0 aliphatic heterocycles. The van der Waals surface area contributed by atoms with Crippen LogP contribution in [-0.2, 0) is 4.79 Å². The monoisotopic (exact) mass is 355 g/mol. The molecule has 7 nitrogen and oxygen atoms in total. The number of nitrogens with zero attached hydrogens (tertiary/aromatic N) is 1. The van der Waals surface area contributed by atoms with Crippen LogP contribution in [0.3, 0.4) is 0 Å². The lowest BCUT2D eigenvalue weighted by Crippen LogP contribution is -2.43. The number of hydrogen-bond acceptors (Lipinski definition) is 4. The lowest BCUT2D eigenvalue weighted by atomic mass is 10.1. The fourth-order valence-electron chi connectivity index (χ4n) is 2.12. The minimum atomic E-state index is -1.08. The molecule has 3 amide bonds. The molecular weight excluding hydrogens is 334 g/mol. The van der Waals surface area contributed by atoms with E-state index in [2.05, 4.69) is 5.32 Å². The van der Waals surface area contributed by atoms with Crippen LogP contribution >= 0.6 is 0 Å². The Hall–Kier alpha value is -3.32. The predicted molar refractivity (Wildman–Crippen MR) is 97.7 cm³/mol. The molecule has 4 N–H and O–H groups in total. The van der Waals surface area contributed by atoms with Gasteiger partial charge in [0, 0.05) is 6.04 Å². The van der Waals surface area contributed by atoms with E-state index in [4.69, 9.17) is 15.7 Å². The van der Waals surface area contributed by atoms with Gasteiger partial charge in [0.2, 0.25) is 5.91 Å². The van der Waals surface area contributed by atoms with Crippen molar-refractivity contribution in [3.63, 3.8) is 0 Å². The van der Waals surface area contributed by atoms with Crippen LogP contribution in [-0.4, -0.2) is 34.8 Å². The van der Waals surface area contributed by atoms with Gasteiger partial charge in [-0.25, -0.2) is 4.79 Å². The fraction of sp³-hybridized carbons (Fsp3) is 0.158. The molecule has 0 aromatic heterocycles. The molecular formula is C19H21N3O4. The number of carbonyl (C=O) groups excluding carboxylic acids is 2. The maximum Gasteiger partial charge on any atom is 0.339 e. The number of para-hydroxylation sites is 1. The summed E-state index contributed by atoms with van der Waals surface area (Å²) in [6.07, 6.45) is 3.62. The summed E-state index contributed by atoms with van der Waals surface area (Å²) < 4.78 is 5.78. The Morgan fingerprint density at radius 1 is 1.19 bits per heavy atom. The summed E-state index contributed by atoms with van der Waals surface area (Å²) in [6, 6.07) is 15.6. The van der Waals surface area contributed by atoms with Crippen LogP contribution in [0.2, 0.25) is 0 Å². The Bertz CT molecular complexity index is 777. The molecule has 0 heterocycles. The Morgan fingerprint density at radius 3 is 2.58 bits per heavy atom. The zero-order valence-electron chi connectivity index (χ0n) is 14.3. The van der Waals surface area contributed by atoms with Crippen molar-refractivity contribution < 1.29 is 19.5 Å². The molecule has 1 unspecified atom stereocenters. The first kappa shape index (κ1) is 19.0. The van der Waals surface area contributed by atoms with Crippen LogP contribution in [0.15, 0.2) is 60.7 Å². The minimum absolute atomic E-state index is 0.149. The second kappa shape index (κ2) is 9.24. The van der Waals surface area contributed by atoms with Gasteiger partial charge in [-0.2, -0.15) is 5.06 Å². The molecule has 0 spiro atoms. The van der Waals surface area contributed by atoms with Crippen LogP contribution in [0.1, 0.15) is 12.5 Å². The van der Waals surface area contributed by atoms with Gasteiger partial charge in [0.15, 0.2) is 0 Å². The summed E-state index contributed by atoms with van der Waals surface area (Å²) in [7, 11) is 0. The Morgan fingerprint density at radius 2 is 1.88 bits per heavy atom. The fourth-order valence-corrected chi connectivity index (χ4v) is 2.12. The van der Waals surface area contributed by atoms with E-state index in [1.165, 1.54) is 0 Å². The molecule has 0 aliphatic rings. The van der Waals surface area contributed by atoms with Gasteiger partial charge in [0.05, 0.1) is 0 Å². The number of urea groups is 1. The maximum atomic E-state index is 11.7. The van der Waals surface area contributed by atoms with E-state index in [-0.39, 0.29) is 11.1 Å². The quantitative estimate of drug-likeness (QED) is 0.524. The van der Waals surface area contributed by atoms with Gasteiger partial charge in [-0.3, -0.25) is 10.0 Å². The van der Waals surface area contributed by atoms with Gasteiger partial charge < -0.3 is 15.8 Å². The molecule has 1 atom stereocenters. The Kier molecular flexibility index (Phi) is 6.75. The van der Waals surface area contributed by atoms with Crippen molar-refractivity contribution in [2.75, 3.05) is 6.54 Å². The number of primary amides is 1. The first-order valence-corrected chi connectivity index (χ1v) is 8.00. The number of amides is 3. The molecule has 26 heavy (non-hydrogen) atoms. The van der Waals surface area contributed by atoms with E-state index in [9.17, 15) is 9.59 Å². The largest absolute Gasteiger partial charge is 0.457 e. The summed E-state index contributed by atoms with van der Waals surface area (Å²) in [4.78, 5) is 22.3. The number of carbonyl (C=O) groups is 2. The number of ether oxygens (including phenoxy) is 1. The molecule has 2 aromatic carbocycles. The van der Waals surface area contributed by atoms with Gasteiger partial charge in [0.1, 0.15) is 18.0 Å². The highest BCUT2D eigenvalue weighted by Crippen LogP contribution is 2.22. The van der Waals surface area contributed by atoms with Gasteiger partial charge in [-0.15, -0.1) is 0 Å². The molecule has 0 saturated carbocycles. The zero-order valence-corrected chi connectivity index (χ0v) is 14.3. The second-order valence-corrected chi connectivity index (χ2v) is 5.60. The maximum absolute atomic E-state index is 11.7. The number of nitrogens with one attached hydrogen (secondary N) is 1. The molecule has 2 aromatic rings. The van der Waals surface area contributed by atoms with Crippen LogP contribution < -0.4 is 15.8 Å². The van der Waals surface area contributed by atoms with E-state index >= 15 is 0 Å². The van der Waals surface area contributed by atoms with Crippen LogP contribution in [0.4, 0.5) is 4.79 Å². The molecule has 0 bridgehead atoms. The van der Waals surface area contributed by atoms with Crippen LogP contribution in [0.5, 0.6) is 11.5 Å². The van der Waals surface area contributed by atoms with Crippen molar-refractivity contribution in [1.82, 2.24) is 10.4 Å². The van der Waals surface area contributed by atoms with Crippen molar-refractivity contribution in [2.24, 2.45) is 5.73 Å². The molecule has 0 aliphatic carbocycles. The van der Waals surface area contributed by atoms with Crippen molar-refractivity contribution in [3.8, 4) is 11.5 Å². The normalized spacial score (nSPS) is 11.8. The van der Waals surface area contributed by atoms with E-state index in [1.54, 1.807) is 13.0 Å². The number of benzene rings is 2. The third-order valence-electron chi connectivity index (χ3n) is 3.35. The SMILES string of the molecule is CC(/C=C/c1cccc(Oc2ccccc2)c1)NC(=O)CN(O)C(N)=O. The van der Waals surface area contributed by atoms with E-state index < -0.39 is 18.5 Å². The third-order valence-corrected chi connectivity index (χ3v) is 3.35. The summed E-state index contributed by atoms with van der Waals surface area (Å²) >= 11 is 0. The summed E-state index contributed by atoms with van der Waals surface area (Å²) in [5.41, 5.74) is 5.75. The standard InChI is InChI=1S/C19H21N3O4/c1-14(21-18(23)13-22(25)19(20)24)10-11-15-6-5-9-17(12-15)26-16-7-3-2-4-8-16/h2-12,14,25H,13H2,1H3,(H2,20,24)(H,21,23)/b11-10+. The van der Waals surface area contributed by atoms with Crippen molar-refractivity contribution in [3.05, 3.63) is 66.2 Å². The molecule has 0 fully saturated rings. The van der Waals surface area contributed by atoms with Crippen molar-refractivity contribution in [2.45, 2.75) is 13.0 Å². The number of nitrogens with two attached hydrogens (primary N) is 1. The van der Waals surface area contributed by atoms with E-state index in [0.29, 0.717) is 5.75 Å². The lowest BCUT2D eigenvalue weighted by Gasteiger charge is -2.14. The summed E-state index contributed by atoms with van der Waals surface area (Å²) in [5.74, 6) is 0.925. The summed E-state index contributed by atoms with van der Waals surface area (Å²) in [6.45, 7) is 1.25. The first-order valence-electron chi connectivity index (χ1n) is 8.00. The second-order valence-electron chi connectivity index (χ2n) is 5.60.